The van der Waals surface area contributed by atoms with Gasteiger partial charge in [-0.25, -0.2) is 0 Å². The van der Waals surface area contributed by atoms with Crippen molar-refractivity contribution in [2.75, 3.05) is 18.1 Å². The van der Waals surface area contributed by atoms with E-state index in [1.807, 2.05) is 0 Å². The normalized spacial score (nSPS) is 38.0. The Bertz CT molecular complexity index is 290. The van der Waals surface area contributed by atoms with Crippen molar-refractivity contribution in [2.24, 2.45) is 5.92 Å². The van der Waals surface area contributed by atoms with E-state index in [9.17, 15) is 0 Å². The Morgan fingerprint density at radius 1 is 1.05 bits per heavy atom. The van der Waals surface area contributed by atoms with Gasteiger partial charge in [0.15, 0.2) is 0 Å². The smallest absolute Gasteiger partial charge is 0.0713 e. The fraction of sp³-hybridized carbons (Fsp3) is 1.00. The maximum Gasteiger partial charge on any atom is 0.0713 e. The van der Waals surface area contributed by atoms with Crippen molar-refractivity contribution in [3.8, 4) is 0 Å². The van der Waals surface area contributed by atoms with Gasteiger partial charge in [-0.2, -0.15) is 11.8 Å². The molecule has 3 fully saturated rings. The monoisotopic (exact) mass is 297 g/mol. The van der Waals surface area contributed by atoms with E-state index in [-0.39, 0.29) is 5.60 Å². The fourth-order valence-corrected chi connectivity index (χ4v) is 5.57. The molecule has 1 aliphatic carbocycles. The number of nitrogens with one attached hydrogen (secondary N) is 1. The molecule has 0 aromatic heterocycles. The summed E-state index contributed by atoms with van der Waals surface area (Å²) in [4.78, 5) is 0. The topological polar surface area (TPSA) is 21.3 Å². The molecule has 3 heteroatoms. The van der Waals surface area contributed by atoms with E-state index in [1.165, 1.54) is 69.3 Å². The van der Waals surface area contributed by atoms with Crippen LogP contribution in [0.1, 0.15) is 64.7 Å². The standard InChI is InChI=1S/C17H31NOS/c1-2-14-3-5-15(6-4-14)18-16-7-10-19-17(13-16)8-11-20-12-9-17/h14-16,18H,2-13H2,1H3. The van der Waals surface area contributed by atoms with Gasteiger partial charge in [-0.3, -0.25) is 0 Å². The predicted octanol–water partition coefficient (Wildman–Crippen LogP) is 3.99. The molecular weight excluding hydrogens is 266 g/mol. The third-order valence-electron chi connectivity index (χ3n) is 5.79. The largest absolute Gasteiger partial charge is 0.375 e. The minimum absolute atomic E-state index is 0.238. The van der Waals surface area contributed by atoms with E-state index in [0.717, 1.165) is 24.6 Å². The molecule has 2 nitrogen and oxygen atoms in total. The van der Waals surface area contributed by atoms with Crippen LogP contribution in [-0.4, -0.2) is 35.8 Å². The molecule has 3 aliphatic rings. The molecule has 3 rings (SSSR count). The Kier molecular flexibility index (Phi) is 5.33. The summed E-state index contributed by atoms with van der Waals surface area (Å²) in [5.41, 5.74) is 0.238. The molecule has 0 radical (unpaired) electrons. The van der Waals surface area contributed by atoms with Crippen LogP contribution in [0.15, 0.2) is 0 Å². The number of hydrogen-bond donors (Lipinski definition) is 1. The third kappa shape index (κ3) is 3.72. The first-order valence-corrected chi connectivity index (χ1v) is 9.93. The molecule has 1 saturated carbocycles. The van der Waals surface area contributed by atoms with Crippen LogP contribution >= 0.6 is 11.8 Å². The van der Waals surface area contributed by atoms with Gasteiger partial charge in [0.25, 0.3) is 0 Å². The van der Waals surface area contributed by atoms with Gasteiger partial charge < -0.3 is 10.1 Å². The van der Waals surface area contributed by atoms with Crippen molar-refractivity contribution < 1.29 is 4.74 Å². The average molecular weight is 298 g/mol. The molecule has 0 bridgehead atoms. The van der Waals surface area contributed by atoms with Crippen molar-refractivity contribution in [1.29, 1.82) is 0 Å². The zero-order valence-electron chi connectivity index (χ0n) is 13.0. The van der Waals surface area contributed by atoms with Crippen molar-refractivity contribution >= 4 is 11.8 Å². The van der Waals surface area contributed by atoms with E-state index < -0.39 is 0 Å². The summed E-state index contributed by atoms with van der Waals surface area (Å²) in [5.74, 6) is 3.60. The quantitative estimate of drug-likeness (QED) is 0.851. The van der Waals surface area contributed by atoms with E-state index in [2.05, 4.69) is 24.0 Å². The van der Waals surface area contributed by atoms with Crippen LogP contribution in [0, 0.1) is 5.92 Å². The van der Waals surface area contributed by atoms with E-state index in [0.29, 0.717) is 0 Å². The molecular formula is C17H31NOS. The first-order valence-electron chi connectivity index (χ1n) is 8.77. The Balaban J connectivity index is 1.48. The van der Waals surface area contributed by atoms with E-state index in [1.54, 1.807) is 0 Å². The molecule has 1 spiro atoms. The number of rotatable bonds is 3. The molecule has 20 heavy (non-hydrogen) atoms. The minimum atomic E-state index is 0.238. The third-order valence-corrected chi connectivity index (χ3v) is 6.78. The van der Waals surface area contributed by atoms with Gasteiger partial charge in [-0.1, -0.05) is 13.3 Å². The highest BCUT2D eigenvalue weighted by Crippen LogP contribution is 2.38. The molecule has 1 atom stereocenters. The van der Waals surface area contributed by atoms with Gasteiger partial charge in [0.1, 0.15) is 0 Å². The second-order valence-electron chi connectivity index (χ2n) is 7.13. The Labute approximate surface area is 128 Å². The van der Waals surface area contributed by atoms with Gasteiger partial charge in [-0.05, 0) is 68.8 Å². The second-order valence-corrected chi connectivity index (χ2v) is 8.35. The highest BCUT2D eigenvalue weighted by molar-refractivity contribution is 7.99. The molecule has 1 N–H and O–H groups in total. The van der Waals surface area contributed by atoms with Crippen LogP contribution in [0.3, 0.4) is 0 Å². The number of hydrogen-bond acceptors (Lipinski definition) is 3. The van der Waals surface area contributed by atoms with E-state index >= 15 is 0 Å². The molecule has 0 aromatic carbocycles. The SMILES string of the molecule is CCC1CCC(NC2CCOC3(CCSCC3)C2)CC1. The minimum Gasteiger partial charge on any atom is -0.375 e. The Hall–Kier alpha value is 0.270. The van der Waals surface area contributed by atoms with Crippen LogP contribution in [-0.2, 0) is 4.74 Å². The predicted molar refractivity (Wildman–Crippen MR) is 87.4 cm³/mol. The fourth-order valence-electron chi connectivity index (χ4n) is 4.33. The van der Waals surface area contributed by atoms with Crippen molar-refractivity contribution in [2.45, 2.75) is 82.4 Å². The maximum atomic E-state index is 6.21. The highest BCUT2D eigenvalue weighted by Gasteiger charge is 2.39. The van der Waals surface area contributed by atoms with Gasteiger partial charge >= 0.3 is 0 Å². The van der Waals surface area contributed by atoms with Gasteiger partial charge in [0.2, 0.25) is 0 Å². The van der Waals surface area contributed by atoms with Crippen LogP contribution in [0.2, 0.25) is 0 Å². The molecule has 2 aliphatic heterocycles. The number of ether oxygens (including phenoxy) is 1. The summed E-state index contributed by atoms with van der Waals surface area (Å²) in [7, 11) is 0. The van der Waals surface area contributed by atoms with Crippen molar-refractivity contribution in [3.05, 3.63) is 0 Å². The summed E-state index contributed by atoms with van der Waals surface area (Å²) in [6, 6.07) is 1.51. The van der Waals surface area contributed by atoms with Gasteiger partial charge in [0.05, 0.1) is 5.60 Å². The van der Waals surface area contributed by atoms with E-state index in [4.69, 9.17) is 4.74 Å². The molecule has 0 amide bonds. The summed E-state index contributed by atoms with van der Waals surface area (Å²) in [6.07, 6.45) is 12.1. The summed E-state index contributed by atoms with van der Waals surface area (Å²) in [6.45, 7) is 3.33. The molecule has 2 saturated heterocycles. The first-order chi connectivity index (χ1) is 9.80. The Morgan fingerprint density at radius 3 is 2.50 bits per heavy atom. The zero-order valence-corrected chi connectivity index (χ0v) is 13.9. The Morgan fingerprint density at radius 2 is 1.80 bits per heavy atom. The van der Waals surface area contributed by atoms with Gasteiger partial charge in [-0.15, -0.1) is 0 Å². The van der Waals surface area contributed by atoms with Crippen LogP contribution in [0.5, 0.6) is 0 Å². The average Bonchev–Trinajstić information content (AvgIpc) is 2.49. The summed E-state index contributed by atoms with van der Waals surface area (Å²) in [5, 5.41) is 3.99. The summed E-state index contributed by atoms with van der Waals surface area (Å²) < 4.78 is 6.21. The maximum absolute atomic E-state index is 6.21. The van der Waals surface area contributed by atoms with Crippen LogP contribution in [0.4, 0.5) is 0 Å². The van der Waals surface area contributed by atoms with Crippen molar-refractivity contribution in [1.82, 2.24) is 5.32 Å². The lowest BCUT2D eigenvalue weighted by Crippen LogP contribution is -2.51. The lowest BCUT2D eigenvalue weighted by atomic mass is 9.82. The first kappa shape index (κ1) is 15.2. The van der Waals surface area contributed by atoms with Crippen LogP contribution < -0.4 is 5.32 Å². The van der Waals surface area contributed by atoms with Crippen LogP contribution in [0.25, 0.3) is 0 Å². The lowest BCUT2D eigenvalue weighted by molar-refractivity contribution is -0.0946. The molecule has 2 heterocycles. The molecule has 116 valence electrons. The van der Waals surface area contributed by atoms with Crippen molar-refractivity contribution in [3.63, 3.8) is 0 Å². The van der Waals surface area contributed by atoms with Gasteiger partial charge in [0, 0.05) is 18.7 Å². The highest BCUT2D eigenvalue weighted by atomic mass is 32.2. The second kappa shape index (κ2) is 7.02. The molecule has 0 aromatic rings. The zero-order chi connectivity index (χ0) is 13.8. The summed E-state index contributed by atoms with van der Waals surface area (Å²) >= 11 is 2.10. The lowest BCUT2D eigenvalue weighted by Gasteiger charge is -2.44. The number of thioether (sulfide) groups is 1. The molecule has 1 unspecified atom stereocenters.